The Balaban J connectivity index is 2.41. The Morgan fingerprint density at radius 1 is 1.42 bits per heavy atom. The van der Waals surface area contributed by atoms with E-state index < -0.39 is 10.7 Å². The molecule has 0 aliphatic heterocycles. The van der Waals surface area contributed by atoms with Crippen molar-refractivity contribution in [3.63, 3.8) is 0 Å². The molecule has 0 aliphatic rings. The number of pyridine rings is 1. The van der Waals surface area contributed by atoms with Crippen LogP contribution in [-0.2, 0) is 0 Å². The molecule has 19 heavy (non-hydrogen) atoms. The number of nitrogens with two attached hydrogens (primary N) is 1. The Morgan fingerprint density at radius 2 is 2.16 bits per heavy atom. The highest BCUT2D eigenvalue weighted by atomic mass is 19.1. The molecule has 0 saturated carbocycles. The molecular weight excluding hydrogens is 251 g/mol. The van der Waals surface area contributed by atoms with E-state index in [0.717, 1.165) is 6.07 Å². The lowest BCUT2D eigenvalue weighted by Gasteiger charge is -2.10. The Bertz CT molecular complexity index is 625. The largest absolute Gasteiger partial charge is 0.383 e. The van der Waals surface area contributed by atoms with Crippen LogP contribution in [0.2, 0.25) is 0 Å². The lowest BCUT2D eigenvalue weighted by atomic mass is 10.2. The molecule has 1 aromatic carbocycles. The summed E-state index contributed by atoms with van der Waals surface area (Å²) in [5.74, 6) is -0.350. The van der Waals surface area contributed by atoms with Gasteiger partial charge < -0.3 is 11.1 Å². The minimum Gasteiger partial charge on any atom is -0.383 e. The fourth-order valence-corrected chi connectivity index (χ4v) is 1.62. The van der Waals surface area contributed by atoms with Gasteiger partial charge in [0.25, 0.3) is 5.69 Å². The summed E-state index contributed by atoms with van der Waals surface area (Å²) < 4.78 is 13.6. The number of nitro groups is 1. The average Bonchev–Trinajstić information content (AvgIpc) is 2.33. The second-order valence-corrected chi connectivity index (χ2v) is 3.95. The lowest BCUT2D eigenvalue weighted by molar-refractivity contribution is -0.384. The fourth-order valence-electron chi connectivity index (χ4n) is 1.62. The zero-order chi connectivity index (χ0) is 14.0. The van der Waals surface area contributed by atoms with Crippen LogP contribution in [0.5, 0.6) is 0 Å². The van der Waals surface area contributed by atoms with Crippen LogP contribution in [0.15, 0.2) is 30.3 Å². The maximum atomic E-state index is 13.6. The Morgan fingerprint density at radius 3 is 2.79 bits per heavy atom. The average molecular weight is 262 g/mol. The predicted octanol–water partition coefficient (Wildman–Crippen LogP) is 2.76. The smallest absolute Gasteiger partial charge is 0.276 e. The number of benzene rings is 1. The van der Waals surface area contributed by atoms with Gasteiger partial charge in [0, 0.05) is 0 Å². The van der Waals surface area contributed by atoms with Crippen LogP contribution < -0.4 is 11.1 Å². The first-order valence-electron chi connectivity index (χ1n) is 5.41. The Labute approximate surface area is 108 Å². The summed E-state index contributed by atoms with van der Waals surface area (Å²) in [5, 5.41) is 13.4. The highest BCUT2D eigenvalue weighted by Gasteiger charge is 2.12. The maximum Gasteiger partial charge on any atom is 0.276 e. The number of aromatic nitrogens is 1. The first kappa shape index (κ1) is 12.7. The molecule has 0 aliphatic carbocycles. The van der Waals surface area contributed by atoms with E-state index in [2.05, 4.69) is 10.3 Å². The standard InChI is InChI=1S/C12H11FN4O2/c1-7-3-2-4-9(13)12(7)16-11-6-8(17(18)19)5-10(14)15-11/h2-6H,1H3,(H3,14,15,16). The van der Waals surface area contributed by atoms with Crippen LogP contribution in [0, 0.1) is 22.9 Å². The number of nitrogen functional groups attached to an aromatic ring is 1. The van der Waals surface area contributed by atoms with E-state index in [1.807, 2.05) is 0 Å². The van der Waals surface area contributed by atoms with Crippen LogP contribution in [0.1, 0.15) is 5.56 Å². The third-order valence-corrected chi connectivity index (χ3v) is 2.52. The van der Waals surface area contributed by atoms with E-state index in [9.17, 15) is 14.5 Å². The number of nitrogens with one attached hydrogen (secondary N) is 1. The van der Waals surface area contributed by atoms with Crippen molar-refractivity contribution >= 4 is 23.0 Å². The molecule has 0 spiro atoms. The van der Waals surface area contributed by atoms with Crippen molar-refractivity contribution in [3.05, 3.63) is 51.8 Å². The number of hydrogen-bond donors (Lipinski definition) is 2. The quantitative estimate of drug-likeness (QED) is 0.655. The molecule has 0 bridgehead atoms. The zero-order valence-corrected chi connectivity index (χ0v) is 10.1. The van der Waals surface area contributed by atoms with E-state index >= 15 is 0 Å². The minimum atomic E-state index is -0.586. The number of halogens is 1. The van der Waals surface area contributed by atoms with Gasteiger partial charge in [-0.15, -0.1) is 0 Å². The van der Waals surface area contributed by atoms with Crippen molar-refractivity contribution in [2.24, 2.45) is 0 Å². The van der Waals surface area contributed by atoms with E-state index in [-0.39, 0.29) is 23.0 Å². The normalized spacial score (nSPS) is 10.2. The SMILES string of the molecule is Cc1cccc(F)c1Nc1cc([N+](=O)[O-])cc(N)n1. The molecule has 2 rings (SSSR count). The highest BCUT2D eigenvalue weighted by Crippen LogP contribution is 2.25. The Hall–Kier alpha value is -2.70. The third kappa shape index (κ3) is 2.76. The molecule has 1 heterocycles. The molecule has 0 radical (unpaired) electrons. The summed E-state index contributed by atoms with van der Waals surface area (Å²) in [7, 11) is 0. The molecule has 0 amide bonds. The van der Waals surface area contributed by atoms with Crippen molar-refractivity contribution in [1.82, 2.24) is 4.98 Å². The number of para-hydroxylation sites is 1. The van der Waals surface area contributed by atoms with Crippen LogP contribution in [0.4, 0.5) is 27.4 Å². The zero-order valence-electron chi connectivity index (χ0n) is 10.1. The van der Waals surface area contributed by atoms with Crippen LogP contribution >= 0.6 is 0 Å². The monoisotopic (exact) mass is 262 g/mol. The summed E-state index contributed by atoms with van der Waals surface area (Å²) in [6.45, 7) is 1.71. The van der Waals surface area contributed by atoms with Crippen molar-refractivity contribution in [2.75, 3.05) is 11.1 Å². The van der Waals surface area contributed by atoms with Crippen LogP contribution in [-0.4, -0.2) is 9.91 Å². The molecule has 7 heteroatoms. The van der Waals surface area contributed by atoms with Gasteiger partial charge in [-0.3, -0.25) is 10.1 Å². The van der Waals surface area contributed by atoms with E-state index in [1.54, 1.807) is 19.1 Å². The van der Waals surface area contributed by atoms with Crippen molar-refractivity contribution in [2.45, 2.75) is 6.92 Å². The molecule has 0 saturated heterocycles. The van der Waals surface area contributed by atoms with E-state index in [0.29, 0.717) is 5.56 Å². The highest BCUT2D eigenvalue weighted by molar-refractivity contribution is 5.64. The molecule has 2 aromatic rings. The number of nitrogens with zero attached hydrogens (tertiary/aromatic N) is 2. The molecule has 0 unspecified atom stereocenters. The first-order chi connectivity index (χ1) is 8.97. The Kier molecular flexibility index (Phi) is 3.28. The maximum absolute atomic E-state index is 13.6. The second-order valence-electron chi connectivity index (χ2n) is 3.95. The van der Waals surface area contributed by atoms with Gasteiger partial charge in [-0.1, -0.05) is 12.1 Å². The van der Waals surface area contributed by atoms with Gasteiger partial charge in [0.15, 0.2) is 0 Å². The number of rotatable bonds is 3. The molecule has 3 N–H and O–H groups in total. The van der Waals surface area contributed by atoms with Gasteiger partial charge in [0.2, 0.25) is 0 Å². The van der Waals surface area contributed by atoms with Gasteiger partial charge in [0.05, 0.1) is 22.7 Å². The molecule has 0 atom stereocenters. The predicted molar refractivity (Wildman–Crippen MR) is 69.7 cm³/mol. The fraction of sp³-hybridized carbons (Fsp3) is 0.0833. The number of anilines is 3. The minimum absolute atomic E-state index is 0.00862. The number of aryl methyl sites for hydroxylation is 1. The molecule has 98 valence electrons. The van der Waals surface area contributed by atoms with Gasteiger partial charge in [-0.2, -0.15) is 0 Å². The summed E-state index contributed by atoms with van der Waals surface area (Å²) >= 11 is 0. The first-order valence-corrected chi connectivity index (χ1v) is 5.41. The summed E-state index contributed by atoms with van der Waals surface area (Å²) in [4.78, 5) is 14.0. The van der Waals surface area contributed by atoms with E-state index in [1.165, 1.54) is 12.1 Å². The third-order valence-electron chi connectivity index (χ3n) is 2.52. The second kappa shape index (κ2) is 4.89. The lowest BCUT2D eigenvalue weighted by Crippen LogP contribution is -2.02. The van der Waals surface area contributed by atoms with Crippen LogP contribution in [0.25, 0.3) is 0 Å². The summed E-state index contributed by atoms with van der Waals surface area (Å²) in [6.07, 6.45) is 0. The van der Waals surface area contributed by atoms with Crippen molar-refractivity contribution < 1.29 is 9.31 Å². The van der Waals surface area contributed by atoms with Crippen molar-refractivity contribution in [1.29, 1.82) is 0 Å². The molecule has 1 aromatic heterocycles. The molecule has 6 nitrogen and oxygen atoms in total. The van der Waals surface area contributed by atoms with Gasteiger partial charge in [-0.25, -0.2) is 9.37 Å². The van der Waals surface area contributed by atoms with Crippen LogP contribution in [0.3, 0.4) is 0 Å². The molecular formula is C12H11FN4O2. The van der Waals surface area contributed by atoms with Gasteiger partial charge in [0.1, 0.15) is 17.5 Å². The van der Waals surface area contributed by atoms with Gasteiger partial charge >= 0.3 is 0 Å². The number of hydrogen-bond acceptors (Lipinski definition) is 5. The van der Waals surface area contributed by atoms with Gasteiger partial charge in [-0.05, 0) is 18.6 Å². The van der Waals surface area contributed by atoms with Crippen molar-refractivity contribution in [3.8, 4) is 0 Å². The molecule has 0 fully saturated rings. The van der Waals surface area contributed by atoms with E-state index in [4.69, 9.17) is 5.73 Å². The summed E-state index contributed by atoms with van der Waals surface area (Å²) in [6, 6.07) is 6.91. The summed E-state index contributed by atoms with van der Waals surface area (Å²) in [5.41, 5.74) is 6.15. The topological polar surface area (TPSA) is 94.1 Å².